The number of ether oxygens (including phenoxy) is 1. The van der Waals surface area contributed by atoms with Crippen LogP contribution in [0.2, 0.25) is 5.02 Å². The van der Waals surface area contributed by atoms with E-state index in [1.54, 1.807) is 19.2 Å². The van der Waals surface area contributed by atoms with Crippen molar-refractivity contribution >= 4 is 23.2 Å². The minimum atomic E-state index is 0.0284. The first-order valence-corrected chi connectivity index (χ1v) is 7.84. The summed E-state index contributed by atoms with van der Waals surface area (Å²) in [7, 11) is 1.58. The minimum Gasteiger partial charge on any atom is -0.495 e. The zero-order valence-corrected chi connectivity index (χ0v) is 13.4. The van der Waals surface area contributed by atoms with E-state index in [1.807, 2.05) is 6.07 Å². The molecule has 1 amide bonds. The average Bonchev–Trinajstić information content (AvgIpc) is 2.48. The predicted molar refractivity (Wildman–Crippen MR) is 86.1 cm³/mol. The first-order chi connectivity index (χ1) is 10.1. The van der Waals surface area contributed by atoms with Gasteiger partial charge < -0.3 is 15.4 Å². The summed E-state index contributed by atoms with van der Waals surface area (Å²) in [6, 6.07) is 5.71. The van der Waals surface area contributed by atoms with Crippen LogP contribution in [-0.4, -0.2) is 25.6 Å². The molecule has 5 heteroatoms. The van der Waals surface area contributed by atoms with Crippen molar-refractivity contribution in [3.05, 3.63) is 23.2 Å². The molecule has 0 aliphatic heterocycles. The molecule has 2 rings (SSSR count). The van der Waals surface area contributed by atoms with Gasteiger partial charge >= 0.3 is 0 Å². The van der Waals surface area contributed by atoms with Crippen molar-refractivity contribution in [1.29, 1.82) is 0 Å². The SMILES string of the molecule is COc1ccc(NCC(=O)NC2CCCCC2C)cc1Cl. The number of methoxy groups -OCH3 is 1. The third kappa shape index (κ3) is 4.53. The van der Waals surface area contributed by atoms with Gasteiger partial charge in [-0.25, -0.2) is 0 Å². The number of nitrogens with one attached hydrogen (secondary N) is 2. The van der Waals surface area contributed by atoms with Crippen molar-refractivity contribution in [1.82, 2.24) is 5.32 Å². The molecule has 0 aromatic heterocycles. The number of carbonyl (C=O) groups excluding carboxylic acids is 1. The summed E-state index contributed by atoms with van der Waals surface area (Å²) in [5.41, 5.74) is 0.813. The van der Waals surface area contributed by atoms with Crippen LogP contribution in [0.25, 0.3) is 0 Å². The Labute approximate surface area is 131 Å². The molecular weight excluding hydrogens is 288 g/mol. The van der Waals surface area contributed by atoms with Crippen molar-refractivity contribution in [3.63, 3.8) is 0 Å². The predicted octanol–water partition coefficient (Wildman–Crippen LogP) is 3.46. The summed E-state index contributed by atoms with van der Waals surface area (Å²) >= 11 is 6.05. The zero-order chi connectivity index (χ0) is 15.2. The van der Waals surface area contributed by atoms with E-state index < -0.39 is 0 Å². The van der Waals surface area contributed by atoms with Gasteiger partial charge in [-0.2, -0.15) is 0 Å². The number of anilines is 1. The van der Waals surface area contributed by atoms with Crippen molar-refractivity contribution in [2.45, 2.75) is 38.6 Å². The molecule has 0 spiro atoms. The summed E-state index contributed by atoms with van der Waals surface area (Å²) in [4.78, 5) is 12.0. The molecule has 21 heavy (non-hydrogen) atoms. The van der Waals surface area contributed by atoms with Gasteiger partial charge in [-0.15, -0.1) is 0 Å². The van der Waals surface area contributed by atoms with Gasteiger partial charge in [0.25, 0.3) is 0 Å². The number of carbonyl (C=O) groups is 1. The number of hydrogen-bond acceptors (Lipinski definition) is 3. The Morgan fingerprint density at radius 3 is 2.81 bits per heavy atom. The van der Waals surface area contributed by atoms with Gasteiger partial charge in [0.1, 0.15) is 5.75 Å². The van der Waals surface area contributed by atoms with Gasteiger partial charge in [-0.1, -0.05) is 31.4 Å². The van der Waals surface area contributed by atoms with Crippen molar-refractivity contribution < 1.29 is 9.53 Å². The van der Waals surface area contributed by atoms with Gasteiger partial charge in [-0.05, 0) is 37.0 Å². The van der Waals surface area contributed by atoms with Crippen LogP contribution in [0.15, 0.2) is 18.2 Å². The van der Waals surface area contributed by atoms with Crippen LogP contribution in [-0.2, 0) is 4.79 Å². The van der Waals surface area contributed by atoms with E-state index >= 15 is 0 Å². The second-order valence-corrected chi connectivity index (χ2v) is 6.05. The molecule has 2 N–H and O–H groups in total. The Morgan fingerprint density at radius 1 is 1.38 bits per heavy atom. The van der Waals surface area contributed by atoms with E-state index in [2.05, 4.69) is 17.6 Å². The first-order valence-electron chi connectivity index (χ1n) is 7.47. The third-order valence-electron chi connectivity index (χ3n) is 4.06. The second-order valence-electron chi connectivity index (χ2n) is 5.64. The standard InChI is InChI=1S/C16H23ClN2O2/c1-11-5-3-4-6-14(11)19-16(20)10-18-12-7-8-15(21-2)13(17)9-12/h7-9,11,14,18H,3-6,10H2,1-2H3,(H,19,20). The van der Waals surface area contributed by atoms with E-state index in [0.717, 1.165) is 12.1 Å². The molecule has 1 aromatic rings. The molecule has 2 unspecified atom stereocenters. The zero-order valence-electron chi connectivity index (χ0n) is 12.6. The van der Waals surface area contributed by atoms with Crippen molar-refractivity contribution in [2.75, 3.05) is 19.0 Å². The lowest BCUT2D eigenvalue weighted by molar-refractivity contribution is -0.120. The summed E-state index contributed by atoms with van der Waals surface area (Å²) in [6.45, 7) is 2.46. The smallest absolute Gasteiger partial charge is 0.239 e. The summed E-state index contributed by atoms with van der Waals surface area (Å²) in [5.74, 6) is 1.22. The Kier molecular flexibility index (Phi) is 5.74. The highest BCUT2D eigenvalue weighted by molar-refractivity contribution is 6.32. The van der Waals surface area contributed by atoms with Crippen LogP contribution in [0, 0.1) is 5.92 Å². The highest BCUT2D eigenvalue weighted by Gasteiger charge is 2.22. The van der Waals surface area contributed by atoms with E-state index in [0.29, 0.717) is 22.7 Å². The molecule has 1 aromatic carbocycles. The van der Waals surface area contributed by atoms with Crippen LogP contribution in [0.4, 0.5) is 5.69 Å². The fourth-order valence-corrected chi connectivity index (χ4v) is 3.00. The maximum atomic E-state index is 12.0. The molecular formula is C16H23ClN2O2. The largest absolute Gasteiger partial charge is 0.495 e. The van der Waals surface area contributed by atoms with Gasteiger partial charge in [0.15, 0.2) is 0 Å². The van der Waals surface area contributed by atoms with E-state index in [-0.39, 0.29) is 12.5 Å². The van der Waals surface area contributed by atoms with Crippen LogP contribution in [0.1, 0.15) is 32.6 Å². The van der Waals surface area contributed by atoms with E-state index in [4.69, 9.17) is 16.3 Å². The Hall–Kier alpha value is -1.42. The number of rotatable bonds is 5. The number of amides is 1. The normalized spacial score (nSPS) is 21.7. The molecule has 2 atom stereocenters. The van der Waals surface area contributed by atoms with Gasteiger partial charge in [0, 0.05) is 11.7 Å². The first kappa shape index (κ1) is 16.0. The van der Waals surface area contributed by atoms with Crippen LogP contribution in [0.3, 0.4) is 0 Å². The van der Waals surface area contributed by atoms with Gasteiger partial charge in [0.05, 0.1) is 18.7 Å². The van der Waals surface area contributed by atoms with Crippen molar-refractivity contribution in [3.8, 4) is 5.75 Å². The quantitative estimate of drug-likeness (QED) is 0.875. The lowest BCUT2D eigenvalue weighted by atomic mass is 9.86. The fourth-order valence-electron chi connectivity index (χ4n) is 2.75. The molecule has 116 valence electrons. The highest BCUT2D eigenvalue weighted by atomic mass is 35.5. The maximum Gasteiger partial charge on any atom is 0.239 e. The minimum absolute atomic E-state index is 0.0284. The van der Waals surface area contributed by atoms with Gasteiger partial charge in [0.2, 0.25) is 5.91 Å². The molecule has 0 saturated heterocycles. The van der Waals surface area contributed by atoms with Crippen LogP contribution < -0.4 is 15.4 Å². The average molecular weight is 311 g/mol. The number of benzene rings is 1. The van der Waals surface area contributed by atoms with E-state index in [1.165, 1.54) is 19.3 Å². The van der Waals surface area contributed by atoms with Crippen LogP contribution in [0.5, 0.6) is 5.75 Å². The summed E-state index contributed by atoms with van der Waals surface area (Å²) in [6.07, 6.45) is 4.76. The monoisotopic (exact) mass is 310 g/mol. The maximum absolute atomic E-state index is 12.0. The topological polar surface area (TPSA) is 50.4 Å². The number of halogens is 1. The molecule has 1 aliphatic carbocycles. The Morgan fingerprint density at radius 2 is 2.14 bits per heavy atom. The lowest BCUT2D eigenvalue weighted by Crippen LogP contribution is -2.43. The second kappa shape index (κ2) is 7.55. The summed E-state index contributed by atoms with van der Waals surface area (Å²) < 4.78 is 5.10. The molecule has 1 saturated carbocycles. The fraction of sp³-hybridized carbons (Fsp3) is 0.562. The molecule has 1 aliphatic rings. The molecule has 0 radical (unpaired) electrons. The molecule has 4 nitrogen and oxygen atoms in total. The Balaban J connectivity index is 1.82. The molecule has 0 bridgehead atoms. The molecule has 1 fully saturated rings. The Bertz CT molecular complexity index is 493. The third-order valence-corrected chi connectivity index (χ3v) is 4.36. The summed E-state index contributed by atoms with van der Waals surface area (Å²) in [5, 5.41) is 6.74. The highest BCUT2D eigenvalue weighted by Crippen LogP contribution is 2.27. The van der Waals surface area contributed by atoms with Gasteiger partial charge in [-0.3, -0.25) is 4.79 Å². The van der Waals surface area contributed by atoms with E-state index in [9.17, 15) is 4.79 Å². The van der Waals surface area contributed by atoms with Crippen molar-refractivity contribution in [2.24, 2.45) is 5.92 Å². The number of hydrogen-bond donors (Lipinski definition) is 2. The van der Waals surface area contributed by atoms with Crippen LogP contribution >= 0.6 is 11.6 Å². The molecule has 0 heterocycles. The lowest BCUT2D eigenvalue weighted by Gasteiger charge is -2.29.